The van der Waals surface area contributed by atoms with Crippen LogP contribution in [0.15, 0.2) is 66.1 Å². The molecule has 1 N–H and O–H groups in total. The number of esters is 1. The van der Waals surface area contributed by atoms with Crippen molar-refractivity contribution < 1.29 is 14.3 Å². The standard InChI is InChI=1S/C22H19NO3S/c1-15-8-11-17(12-9-15)18-14-27-21(20(18)22(25)26-2)23-19(24)13-10-16-6-4-3-5-7-16/h3-14H,1-2H3,(H,23,24)/b13-10+. The molecule has 0 unspecified atom stereocenters. The number of aryl methyl sites for hydroxylation is 1. The quantitative estimate of drug-likeness (QED) is 0.493. The summed E-state index contributed by atoms with van der Waals surface area (Å²) in [5.41, 5.74) is 4.07. The predicted octanol–water partition coefficient (Wildman–Crippen LogP) is 5.16. The molecule has 3 aromatic rings. The molecule has 2 aromatic carbocycles. The number of carbonyl (C=O) groups is 2. The average Bonchev–Trinajstić information content (AvgIpc) is 3.10. The number of thiophene rings is 1. The molecule has 1 aromatic heterocycles. The van der Waals surface area contributed by atoms with Crippen LogP contribution in [0.2, 0.25) is 0 Å². The Bertz CT molecular complexity index is 973. The molecule has 1 heterocycles. The first-order chi connectivity index (χ1) is 13.1. The van der Waals surface area contributed by atoms with Gasteiger partial charge in [0.2, 0.25) is 5.91 Å². The average molecular weight is 377 g/mol. The van der Waals surface area contributed by atoms with Gasteiger partial charge in [-0.05, 0) is 24.1 Å². The fourth-order valence-electron chi connectivity index (χ4n) is 2.59. The smallest absolute Gasteiger partial charge is 0.341 e. The highest BCUT2D eigenvalue weighted by Crippen LogP contribution is 2.36. The minimum Gasteiger partial charge on any atom is -0.465 e. The van der Waals surface area contributed by atoms with Crippen molar-refractivity contribution in [2.24, 2.45) is 0 Å². The predicted molar refractivity (Wildman–Crippen MR) is 110 cm³/mol. The van der Waals surface area contributed by atoms with E-state index >= 15 is 0 Å². The Kier molecular flexibility index (Phi) is 5.84. The summed E-state index contributed by atoms with van der Waals surface area (Å²) in [5.74, 6) is -0.782. The molecule has 0 fully saturated rings. The van der Waals surface area contributed by atoms with Gasteiger partial charge in [0.05, 0.1) is 7.11 Å². The van der Waals surface area contributed by atoms with Crippen LogP contribution in [0.5, 0.6) is 0 Å². The molecule has 27 heavy (non-hydrogen) atoms. The van der Waals surface area contributed by atoms with Gasteiger partial charge < -0.3 is 10.1 Å². The zero-order valence-corrected chi connectivity index (χ0v) is 15.9. The van der Waals surface area contributed by atoms with Crippen molar-refractivity contribution in [3.05, 3.63) is 82.7 Å². The molecular weight excluding hydrogens is 358 g/mol. The molecule has 5 heteroatoms. The van der Waals surface area contributed by atoms with Crippen LogP contribution in [-0.4, -0.2) is 19.0 Å². The monoisotopic (exact) mass is 377 g/mol. The number of hydrogen-bond donors (Lipinski definition) is 1. The molecule has 0 saturated carbocycles. The topological polar surface area (TPSA) is 55.4 Å². The SMILES string of the molecule is COC(=O)c1c(-c2ccc(C)cc2)csc1NC(=O)/C=C/c1ccccc1. The summed E-state index contributed by atoms with van der Waals surface area (Å²) >= 11 is 1.30. The molecule has 0 radical (unpaired) electrons. The lowest BCUT2D eigenvalue weighted by atomic mass is 10.0. The first-order valence-corrected chi connectivity index (χ1v) is 9.27. The number of carbonyl (C=O) groups excluding carboxylic acids is 2. The van der Waals surface area contributed by atoms with Gasteiger partial charge in [0.25, 0.3) is 0 Å². The van der Waals surface area contributed by atoms with E-state index in [0.29, 0.717) is 10.6 Å². The number of hydrogen-bond acceptors (Lipinski definition) is 4. The second-order valence-electron chi connectivity index (χ2n) is 5.94. The highest BCUT2D eigenvalue weighted by molar-refractivity contribution is 7.15. The third-order valence-electron chi connectivity index (χ3n) is 4.01. The van der Waals surface area contributed by atoms with Gasteiger partial charge in [-0.25, -0.2) is 4.79 Å². The van der Waals surface area contributed by atoms with E-state index in [1.165, 1.54) is 24.5 Å². The maximum Gasteiger partial charge on any atom is 0.341 e. The normalized spacial score (nSPS) is 10.7. The zero-order valence-electron chi connectivity index (χ0n) is 15.1. The molecule has 3 rings (SSSR count). The van der Waals surface area contributed by atoms with Crippen molar-refractivity contribution in [3.63, 3.8) is 0 Å². The number of benzene rings is 2. The Hall–Kier alpha value is -3.18. The Morgan fingerprint density at radius 1 is 1.04 bits per heavy atom. The molecule has 0 aliphatic carbocycles. The number of methoxy groups -OCH3 is 1. The summed E-state index contributed by atoms with van der Waals surface area (Å²) < 4.78 is 4.93. The number of ether oxygens (including phenoxy) is 1. The number of anilines is 1. The summed E-state index contributed by atoms with van der Waals surface area (Å²) in [5, 5.41) is 5.12. The lowest BCUT2D eigenvalue weighted by Gasteiger charge is -2.07. The van der Waals surface area contributed by atoms with Crippen molar-refractivity contribution in [1.82, 2.24) is 0 Å². The lowest BCUT2D eigenvalue weighted by Crippen LogP contribution is -2.11. The highest BCUT2D eigenvalue weighted by Gasteiger charge is 2.21. The fraction of sp³-hybridized carbons (Fsp3) is 0.0909. The fourth-order valence-corrected chi connectivity index (χ4v) is 3.55. The molecule has 0 aliphatic rings. The van der Waals surface area contributed by atoms with Crippen LogP contribution in [0.3, 0.4) is 0 Å². The molecule has 0 spiro atoms. The van der Waals surface area contributed by atoms with Gasteiger partial charge in [-0.2, -0.15) is 0 Å². The van der Waals surface area contributed by atoms with E-state index in [1.54, 1.807) is 6.08 Å². The Morgan fingerprint density at radius 3 is 2.41 bits per heavy atom. The second kappa shape index (κ2) is 8.47. The summed E-state index contributed by atoms with van der Waals surface area (Å²) in [6.45, 7) is 2.00. The largest absolute Gasteiger partial charge is 0.465 e. The number of amides is 1. The van der Waals surface area contributed by atoms with Gasteiger partial charge >= 0.3 is 5.97 Å². The van der Waals surface area contributed by atoms with E-state index < -0.39 is 5.97 Å². The van der Waals surface area contributed by atoms with Crippen LogP contribution in [0.1, 0.15) is 21.5 Å². The molecule has 0 saturated heterocycles. The van der Waals surface area contributed by atoms with Gasteiger partial charge in [-0.3, -0.25) is 4.79 Å². The van der Waals surface area contributed by atoms with Crippen molar-refractivity contribution in [3.8, 4) is 11.1 Å². The molecule has 1 amide bonds. The number of nitrogens with one attached hydrogen (secondary N) is 1. The van der Waals surface area contributed by atoms with Crippen molar-refractivity contribution >= 4 is 34.3 Å². The summed E-state index contributed by atoms with van der Waals surface area (Å²) in [7, 11) is 1.33. The lowest BCUT2D eigenvalue weighted by molar-refractivity contribution is -0.111. The van der Waals surface area contributed by atoms with Gasteiger partial charge in [-0.15, -0.1) is 11.3 Å². The van der Waals surface area contributed by atoms with Crippen molar-refractivity contribution in [1.29, 1.82) is 0 Å². The van der Waals surface area contributed by atoms with E-state index in [0.717, 1.165) is 22.3 Å². The van der Waals surface area contributed by atoms with Crippen LogP contribution in [0, 0.1) is 6.92 Å². The van der Waals surface area contributed by atoms with Gasteiger partial charge in [0.1, 0.15) is 10.6 Å². The van der Waals surface area contributed by atoms with Gasteiger partial charge in [0, 0.05) is 17.0 Å². The molecule has 0 atom stereocenters. The van der Waals surface area contributed by atoms with E-state index in [4.69, 9.17) is 4.74 Å². The van der Waals surface area contributed by atoms with Crippen LogP contribution >= 0.6 is 11.3 Å². The maximum absolute atomic E-state index is 12.3. The first-order valence-electron chi connectivity index (χ1n) is 8.39. The Balaban J connectivity index is 1.87. The maximum atomic E-state index is 12.3. The summed E-state index contributed by atoms with van der Waals surface area (Å²) in [4.78, 5) is 24.6. The van der Waals surface area contributed by atoms with Crippen LogP contribution in [0.25, 0.3) is 17.2 Å². The van der Waals surface area contributed by atoms with E-state index in [1.807, 2.05) is 66.9 Å². The zero-order chi connectivity index (χ0) is 19.2. The van der Waals surface area contributed by atoms with Crippen LogP contribution < -0.4 is 5.32 Å². The molecule has 136 valence electrons. The summed E-state index contributed by atoms with van der Waals surface area (Å²) in [6.07, 6.45) is 3.17. The van der Waals surface area contributed by atoms with Crippen LogP contribution in [0.4, 0.5) is 5.00 Å². The van der Waals surface area contributed by atoms with Crippen molar-refractivity contribution in [2.45, 2.75) is 6.92 Å². The van der Waals surface area contributed by atoms with Gasteiger partial charge in [-0.1, -0.05) is 60.2 Å². The molecule has 0 bridgehead atoms. The van der Waals surface area contributed by atoms with Crippen LogP contribution in [-0.2, 0) is 9.53 Å². The third kappa shape index (κ3) is 4.51. The second-order valence-corrected chi connectivity index (χ2v) is 6.82. The Labute approximate surface area is 162 Å². The minimum absolute atomic E-state index is 0.304. The van der Waals surface area contributed by atoms with Crippen molar-refractivity contribution in [2.75, 3.05) is 12.4 Å². The molecule has 0 aliphatic heterocycles. The molecular formula is C22H19NO3S. The minimum atomic E-state index is -0.478. The Morgan fingerprint density at radius 2 is 1.74 bits per heavy atom. The summed E-state index contributed by atoms with van der Waals surface area (Å²) in [6, 6.07) is 17.4. The molecule has 4 nitrogen and oxygen atoms in total. The highest BCUT2D eigenvalue weighted by atomic mass is 32.1. The first kappa shape index (κ1) is 18.6. The van der Waals surface area contributed by atoms with E-state index in [9.17, 15) is 9.59 Å². The number of rotatable bonds is 5. The van der Waals surface area contributed by atoms with E-state index in [-0.39, 0.29) is 5.91 Å². The van der Waals surface area contributed by atoms with Gasteiger partial charge in [0.15, 0.2) is 0 Å². The third-order valence-corrected chi connectivity index (χ3v) is 4.90. The van der Waals surface area contributed by atoms with E-state index in [2.05, 4.69) is 5.32 Å².